The van der Waals surface area contributed by atoms with Gasteiger partial charge in [0.15, 0.2) is 10.8 Å². The zero-order chi connectivity index (χ0) is 21.1. The largest absolute Gasteiger partial charge is 0.456 e. The Morgan fingerprint density at radius 2 is 1.90 bits per heavy atom. The molecule has 6 nitrogen and oxygen atoms in total. The van der Waals surface area contributed by atoms with Crippen LogP contribution in [0.1, 0.15) is 32.7 Å². The van der Waals surface area contributed by atoms with Crippen molar-refractivity contribution in [2.24, 2.45) is 0 Å². The normalized spacial score (nSPS) is 10.9. The van der Waals surface area contributed by atoms with Crippen LogP contribution in [0.2, 0.25) is 0 Å². The molecule has 0 fully saturated rings. The molecule has 0 amide bonds. The number of thiazole rings is 1. The summed E-state index contributed by atoms with van der Waals surface area (Å²) in [6, 6.07) is 15.0. The molecule has 2 aromatic carbocycles. The summed E-state index contributed by atoms with van der Waals surface area (Å²) in [7, 11) is 0. The molecule has 0 aliphatic carbocycles. The number of aromatic nitrogens is 1. The molecule has 4 aromatic rings. The van der Waals surface area contributed by atoms with Crippen molar-refractivity contribution in [3.8, 4) is 0 Å². The quantitative estimate of drug-likeness (QED) is 0.355. The predicted molar refractivity (Wildman–Crippen MR) is 117 cm³/mol. The molecule has 0 aliphatic heterocycles. The number of hydrogen-bond donors (Lipinski definition) is 1. The molecule has 0 radical (unpaired) electrons. The van der Waals surface area contributed by atoms with E-state index in [1.165, 1.54) is 17.4 Å². The fourth-order valence-electron chi connectivity index (χ4n) is 3.04. The van der Waals surface area contributed by atoms with Gasteiger partial charge in [-0.3, -0.25) is 0 Å². The number of hydrogen-bond acceptors (Lipinski definition) is 7. The van der Waals surface area contributed by atoms with E-state index in [1.807, 2.05) is 56.3 Å². The molecule has 7 heteroatoms. The third-order valence-electron chi connectivity index (χ3n) is 4.80. The minimum Gasteiger partial charge on any atom is -0.456 e. The first-order valence-electron chi connectivity index (χ1n) is 9.44. The van der Waals surface area contributed by atoms with Crippen molar-refractivity contribution in [1.82, 2.24) is 4.98 Å². The van der Waals surface area contributed by atoms with E-state index in [0.717, 1.165) is 22.1 Å². The van der Waals surface area contributed by atoms with Crippen LogP contribution in [0.15, 0.2) is 63.1 Å². The van der Waals surface area contributed by atoms with E-state index < -0.39 is 11.6 Å². The Bertz CT molecular complexity index is 1260. The highest BCUT2D eigenvalue weighted by molar-refractivity contribution is 7.13. The van der Waals surface area contributed by atoms with Gasteiger partial charge >= 0.3 is 11.6 Å². The topological polar surface area (TPSA) is 81.4 Å². The summed E-state index contributed by atoms with van der Waals surface area (Å²) < 4.78 is 10.7. The maximum atomic E-state index is 12.4. The van der Waals surface area contributed by atoms with Crippen LogP contribution >= 0.6 is 11.3 Å². The molecule has 0 atom stereocenters. The lowest BCUT2D eigenvalue weighted by Gasteiger charge is -2.08. The fourth-order valence-corrected chi connectivity index (χ4v) is 3.72. The van der Waals surface area contributed by atoms with Gasteiger partial charge in [-0.25, -0.2) is 14.6 Å². The number of fused-ring (bicyclic) bond motifs is 1. The van der Waals surface area contributed by atoms with Gasteiger partial charge in [0.1, 0.15) is 12.2 Å². The second-order valence-corrected chi connectivity index (χ2v) is 7.83. The minimum atomic E-state index is -0.538. The molecular formula is C23H20N2O4S. The molecule has 1 N–H and O–H groups in total. The van der Waals surface area contributed by atoms with Crippen LogP contribution in [0.5, 0.6) is 0 Å². The van der Waals surface area contributed by atoms with E-state index in [-0.39, 0.29) is 12.3 Å². The van der Waals surface area contributed by atoms with E-state index in [4.69, 9.17) is 9.15 Å². The SMILES string of the molecule is Cc1cc2oc(=O)cc(COC(=O)c3csc(NCc4ccccc4)n3)c2cc1C. The molecule has 152 valence electrons. The molecule has 30 heavy (non-hydrogen) atoms. The van der Waals surface area contributed by atoms with Crippen molar-refractivity contribution in [1.29, 1.82) is 0 Å². The summed E-state index contributed by atoms with van der Waals surface area (Å²) in [5.41, 5.74) is 4.06. The first kappa shape index (κ1) is 19.8. The van der Waals surface area contributed by atoms with Crippen molar-refractivity contribution in [2.75, 3.05) is 5.32 Å². The summed E-state index contributed by atoms with van der Waals surface area (Å²) in [6.45, 7) is 4.52. The van der Waals surface area contributed by atoms with Crippen LogP contribution in [0.4, 0.5) is 5.13 Å². The Labute approximate surface area is 177 Å². The lowest BCUT2D eigenvalue weighted by molar-refractivity contribution is 0.0468. The highest BCUT2D eigenvalue weighted by Gasteiger charge is 2.15. The van der Waals surface area contributed by atoms with E-state index in [1.54, 1.807) is 5.38 Å². The fraction of sp³-hybridized carbons (Fsp3) is 0.174. The number of ether oxygens (including phenoxy) is 1. The van der Waals surface area contributed by atoms with Crippen molar-refractivity contribution in [2.45, 2.75) is 27.0 Å². The van der Waals surface area contributed by atoms with Gasteiger partial charge in [0.25, 0.3) is 0 Å². The number of nitrogens with zero attached hydrogens (tertiary/aromatic N) is 1. The average molecular weight is 420 g/mol. The number of carbonyl (C=O) groups excluding carboxylic acids is 1. The third kappa shape index (κ3) is 4.41. The zero-order valence-electron chi connectivity index (χ0n) is 16.6. The Hall–Kier alpha value is -3.45. The van der Waals surface area contributed by atoms with Crippen LogP contribution in [0.3, 0.4) is 0 Å². The molecule has 2 heterocycles. The van der Waals surface area contributed by atoms with Crippen molar-refractivity contribution < 1.29 is 13.9 Å². The van der Waals surface area contributed by atoms with Crippen LogP contribution in [-0.2, 0) is 17.9 Å². The van der Waals surface area contributed by atoms with Crippen LogP contribution in [0, 0.1) is 13.8 Å². The summed E-state index contributed by atoms with van der Waals surface area (Å²) in [6.07, 6.45) is 0. The monoisotopic (exact) mass is 420 g/mol. The van der Waals surface area contributed by atoms with Crippen molar-refractivity contribution in [3.63, 3.8) is 0 Å². The molecule has 0 spiro atoms. The van der Waals surface area contributed by atoms with Gasteiger partial charge in [-0.1, -0.05) is 30.3 Å². The van der Waals surface area contributed by atoms with Gasteiger partial charge in [-0.15, -0.1) is 11.3 Å². The van der Waals surface area contributed by atoms with Gasteiger partial charge in [0, 0.05) is 28.9 Å². The lowest BCUT2D eigenvalue weighted by Crippen LogP contribution is -2.09. The molecule has 2 aromatic heterocycles. The lowest BCUT2D eigenvalue weighted by atomic mass is 10.0. The molecule has 0 saturated carbocycles. The molecule has 0 bridgehead atoms. The van der Waals surface area contributed by atoms with Crippen molar-refractivity contribution in [3.05, 3.63) is 92.3 Å². The number of nitrogens with one attached hydrogen (secondary N) is 1. The van der Waals surface area contributed by atoms with Crippen LogP contribution in [0.25, 0.3) is 11.0 Å². The third-order valence-corrected chi connectivity index (χ3v) is 5.60. The number of aryl methyl sites for hydroxylation is 2. The van der Waals surface area contributed by atoms with Gasteiger partial charge in [0.05, 0.1) is 0 Å². The highest BCUT2D eigenvalue weighted by Crippen LogP contribution is 2.23. The molecular weight excluding hydrogens is 400 g/mol. The van der Waals surface area contributed by atoms with Crippen molar-refractivity contribution >= 4 is 33.4 Å². The zero-order valence-corrected chi connectivity index (χ0v) is 17.4. The Morgan fingerprint density at radius 3 is 2.70 bits per heavy atom. The number of benzene rings is 2. The average Bonchev–Trinajstić information content (AvgIpc) is 3.21. The second-order valence-electron chi connectivity index (χ2n) is 6.98. The van der Waals surface area contributed by atoms with E-state index >= 15 is 0 Å². The summed E-state index contributed by atoms with van der Waals surface area (Å²) >= 11 is 1.34. The van der Waals surface area contributed by atoms with E-state index in [9.17, 15) is 9.59 Å². The first-order valence-corrected chi connectivity index (χ1v) is 10.3. The Kier molecular flexibility index (Phi) is 5.63. The molecule has 0 aliphatic rings. The predicted octanol–water partition coefficient (Wildman–Crippen LogP) is 4.84. The smallest absolute Gasteiger partial charge is 0.358 e. The second kappa shape index (κ2) is 8.51. The summed E-state index contributed by atoms with van der Waals surface area (Å²) in [4.78, 5) is 28.6. The van der Waals surface area contributed by atoms with Crippen LogP contribution in [-0.4, -0.2) is 11.0 Å². The standard InChI is InChI=1S/C23H20N2O4S/c1-14-8-18-17(10-21(26)29-20(18)9-15(14)2)12-28-22(27)19-13-30-23(25-19)24-11-16-6-4-3-5-7-16/h3-10,13H,11-12H2,1-2H3,(H,24,25). The number of carbonyl (C=O) groups is 1. The Balaban J connectivity index is 1.44. The molecule has 4 rings (SSSR count). The Morgan fingerprint density at radius 1 is 1.13 bits per heavy atom. The van der Waals surface area contributed by atoms with E-state index in [2.05, 4.69) is 10.3 Å². The summed E-state index contributed by atoms with van der Waals surface area (Å²) in [5, 5.41) is 6.25. The van der Waals surface area contributed by atoms with E-state index in [0.29, 0.717) is 22.8 Å². The first-order chi connectivity index (χ1) is 14.5. The maximum absolute atomic E-state index is 12.4. The summed E-state index contributed by atoms with van der Waals surface area (Å²) in [5.74, 6) is -0.538. The molecule has 0 unspecified atom stereocenters. The highest BCUT2D eigenvalue weighted by atomic mass is 32.1. The van der Waals surface area contributed by atoms with Gasteiger partial charge in [-0.05, 0) is 42.7 Å². The van der Waals surface area contributed by atoms with Gasteiger partial charge < -0.3 is 14.5 Å². The van der Waals surface area contributed by atoms with Gasteiger partial charge in [0.2, 0.25) is 0 Å². The minimum absolute atomic E-state index is 0.0340. The number of esters is 1. The van der Waals surface area contributed by atoms with Crippen LogP contribution < -0.4 is 10.9 Å². The molecule has 0 saturated heterocycles. The number of rotatable bonds is 6. The van der Waals surface area contributed by atoms with Gasteiger partial charge in [-0.2, -0.15) is 0 Å². The maximum Gasteiger partial charge on any atom is 0.358 e. The number of anilines is 1.